The molecule has 1 fully saturated rings. The molecule has 3 rings (SSSR count). The maximum absolute atomic E-state index is 12.3. The topological polar surface area (TPSA) is 85.4 Å². The molecule has 0 radical (unpaired) electrons. The molecule has 1 aliphatic heterocycles. The molecule has 1 N–H and O–H groups in total. The zero-order chi connectivity index (χ0) is 16.8. The van der Waals surface area contributed by atoms with Crippen molar-refractivity contribution in [2.75, 3.05) is 32.1 Å². The second-order valence-electron chi connectivity index (χ2n) is 5.96. The Labute approximate surface area is 140 Å². The van der Waals surface area contributed by atoms with Crippen molar-refractivity contribution < 1.29 is 14.1 Å². The number of nitrogens with one attached hydrogen (secondary N) is 1. The van der Waals surface area contributed by atoms with Gasteiger partial charge in [-0.15, -0.1) is 0 Å². The Morgan fingerprint density at radius 2 is 2.17 bits per heavy atom. The van der Waals surface area contributed by atoms with Gasteiger partial charge < -0.3 is 19.5 Å². The third kappa shape index (κ3) is 4.21. The van der Waals surface area contributed by atoms with Gasteiger partial charge in [-0.2, -0.15) is 5.10 Å². The summed E-state index contributed by atoms with van der Waals surface area (Å²) in [5.41, 5.74) is 1.51. The minimum absolute atomic E-state index is 0.231. The first kappa shape index (κ1) is 16.7. The van der Waals surface area contributed by atoms with Crippen LogP contribution < -0.4 is 5.32 Å². The van der Waals surface area contributed by atoms with Gasteiger partial charge in [0.2, 0.25) is 0 Å². The zero-order valence-corrected chi connectivity index (χ0v) is 13.9. The van der Waals surface area contributed by atoms with E-state index in [4.69, 9.17) is 9.26 Å². The number of anilines is 1. The van der Waals surface area contributed by atoms with E-state index in [0.29, 0.717) is 16.9 Å². The molecule has 130 valence electrons. The van der Waals surface area contributed by atoms with E-state index in [9.17, 15) is 4.79 Å². The van der Waals surface area contributed by atoms with Crippen molar-refractivity contribution in [1.29, 1.82) is 0 Å². The summed E-state index contributed by atoms with van der Waals surface area (Å²) in [6.45, 7) is 4.37. The second kappa shape index (κ2) is 8.07. The average Bonchev–Trinajstić information content (AvgIpc) is 3.24. The molecule has 0 atom stereocenters. The number of hydrogen-bond donors (Lipinski definition) is 1. The van der Waals surface area contributed by atoms with Gasteiger partial charge in [-0.05, 0) is 25.9 Å². The molecule has 1 aliphatic rings. The van der Waals surface area contributed by atoms with Gasteiger partial charge in [0.15, 0.2) is 0 Å². The average molecular weight is 333 g/mol. The van der Waals surface area contributed by atoms with E-state index in [-0.39, 0.29) is 12.5 Å². The highest BCUT2D eigenvalue weighted by molar-refractivity contribution is 6.04. The fourth-order valence-electron chi connectivity index (χ4n) is 2.86. The first-order valence-electron chi connectivity index (χ1n) is 8.24. The molecule has 3 heterocycles. The van der Waals surface area contributed by atoms with Crippen molar-refractivity contribution in [1.82, 2.24) is 19.8 Å². The lowest BCUT2D eigenvalue weighted by Crippen LogP contribution is -2.32. The molecule has 2 aromatic rings. The van der Waals surface area contributed by atoms with Crippen LogP contribution in [0, 0.1) is 0 Å². The molecule has 8 nitrogen and oxygen atoms in total. The number of likely N-dealkylation sites (tertiary alicyclic amines) is 1. The van der Waals surface area contributed by atoms with Crippen molar-refractivity contribution in [3.8, 4) is 0 Å². The molecule has 24 heavy (non-hydrogen) atoms. The molecule has 0 spiro atoms. The van der Waals surface area contributed by atoms with Crippen LogP contribution in [0.5, 0.6) is 0 Å². The van der Waals surface area contributed by atoms with Crippen molar-refractivity contribution in [2.24, 2.45) is 0 Å². The lowest BCUT2D eigenvalue weighted by Gasteiger charge is -2.26. The Bertz CT molecular complexity index is 660. The summed E-state index contributed by atoms with van der Waals surface area (Å²) in [7, 11) is 1.54. The van der Waals surface area contributed by atoms with Crippen LogP contribution in [0.2, 0.25) is 0 Å². The van der Waals surface area contributed by atoms with Crippen LogP contribution in [-0.2, 0) is 17.9 Å². The van der Waals surface area contributed by atoms with E-state index in [1.54, 1.807) is 13.3 Å². The summed E-state index contributed by atoms with van der Waals surface area (Å²) < 4.78 is 11.7. The van der Waals surface area contributed by atoms with Gasteiger partial charge in [-0.3, -0.25) is 9.48 Å². The molecule has 0 aromatic carbocycles. The number of amides is 1. The van der Waals surface area contributed by atoms with Crippen LogP contribution in [0.1, 0.15) is 35.3 Å². The minimum Gasteiger partial charge on any atom is -0.378 e. The second-order valence-corrected chi connectivity index (χ2v) is 5.96. The molecule has 1 saturated heterocycles. The summed E-state index contributed by atoms with van der Waals surface area (Å²) in [6.07, 6.45) is 8.71. The van der Waals surface area contributed by atoms with E-state index in [2.05, 4.69) is 20.5 Å². The van der Waals surface area contributed by atoms with E-state index in [1.807, 2.05) is 10.9 Å². The molecule has 1 amide bonds. The highest BCUT2D eigenvalue weighted by atomic mass is 16.5. The number of carbonyl (C=O) groups excluding carboxylic acids is 1. The molecule has 0 unspecified atom stereocenters. The number of methoxy groups -OCH3 is 1. The Morgan fingerprint density at radius 1 is 1.33 bits per heavy atom. The lowest BCUT2D eigenvalue weighted by molar-refractivity contribution is 0.102. The summed E-state index contributed by atoms with van der Waals surface area (Å²) in [5, 5.41) is 10.9. The predicted octanol–water partition coefficient (Wildman–Crippen LogP) is 1.76. The molecule has 2 aromatic heterocycles. The zero-order valence-electron chi connectivity index (χ0n) is 13.9. The first-order valence-corrected chi connectivity index (χ1v) is 8.24. The summed E-state index contributed by atoms with van der Waals surface area (Å²) in [6, 6.07) is 0. The largest absolute Gasteiger partial charge is 0.378 e. The molecular weight excluding hydrogens is 310 g/mol. The quantitative estimate of drug-likeness (QED) is 0.831. The summed E-state index contributed by atoms with van der Waals surface area (Å²) in [5.74, 6) is -0.279. The third-order valence-corrected chi connectivity index (χ3v) is 4.16. The SMILES string of the molecule is COCc1nocc1C(=O)Nc1cnn(CCN2CCCCC2)c1. The lowest BCUT2D eigenvalue weighted by atomic mass is 10.1. The van der Waals surface area contributed by atoms with Crippen LogP contribution in [-0.4, -0.2) is 52.5 Å². The maximum Gasteiger partial charge on any atom is 0.261 e. The van der Waals surface area contributed by atoms with Crippen molar-refractivity contribution >= 4 is 11.6 Å². The molecule has 8 heteroatoms. The van der Waals surface area contributed by atoms with Crippen molar-refractivity contribution in [3.63, 3.8) is 0 Å². The van der Waals surface area contributed by atoms with Crippen LogP contribution in [0.4, 0.5) is 5.69 Å². The molecule has 0 bridgehead atoms. The molecule has 0 aliphatic carbocycles. The molecular formula is C16H23N5O3. The number of hydrogen-bond acceptors (Lipinski definition) is 6. The third-order valence-electron chi connectivity index (χ3n) is 4.16. The fraction of sp³-hybridized carbons (Fsp3) is 0.562. The van der Waals surface area contributed by atoms with Crippen LogP contribution in [0.3, 0.4) is 0 Å². The van der Waals surface area contributed by atoms with Crippen LogP contribution in [0.15, 0.2) is 23.2 Å². The van der Waals surface area contributed by atoms with E-state index < -0.39 is 0 Å². The van der Waals surface area contributed by atoms with E-state index >= 15 is 0 Å². The molecule has 0 saturated carbocycles. The van der Waals surface area contributed by atoms with Gasteiger partial charge in [-0.25, -0.2) is 0 Å². The van der Waals surface area contributed by atoms with Gasteiger partial charge >= 0.3 is 0 Å². The summed E-state index contributed by atoms with van der Waals surface area (Å²) >= 11 is 0. The predicted molar refractivity (Wildman–Crippen MR) is 87.7 cm³/mol. The standard InChI is InChI=1S/C16H23N5O3/c1-23-12-15-14(11-24-19-15)16(22)18-13-9-17-21(10-13)8-7-20-5-3-2-4-6-20/h9-11H,2-8,12H2,1H3,(H,18,22). The van der Waals surface area contributed by atoms with Gasteiger partial charge in [0.25, 0.3) is 5.91 Å². The number of ether oxygens (including phenoxy) is 1. The normalized spacial score (nSPS) is 15.5. The van der Waals surface area contributed by atoms with Gasteiger partial charge in [0.1, 0.15) is 17.5 Å². The van der Waals surface area contributed by atoms with Gasteiger partial charge in [-0.1, -0.05) is 11.6 Å². The highest BCUT2D eigenvalue weighted by Crippen LogP contribution is 2.13. The smallest absolute Gasteiger partial charge is 0.261 e. The number of piperidine rings is 1. The monoisotopic (exact) mass is 333 g/mol. The van der Waals surface area contributed by atoms with Crippen LogP contribution in [0.25, 0.3) is 0 Å². The van der Waals surface area contributed by atoms with Crippen LogP contribution >= 0.6 is 0 Å². The minimum atomic E-state index is -0.279. The number of rotatable bonds is 7. The van der Waals surface area contributed by atoms with Gasteiger partial charge in [0.05, 0.1) is 25.0 Å². The van der Waals surface area contributed by atoms with Crippen molar-refractivity contribution in [2.45, 2.75) is 32.4 Å². The van der Waals surface area contributed by atoms with E-state index in [1.165, 1.54) is 38.6 Å². The van der Waals surface area contributed by atoms with E-state index in [0.717, 1.165) is 13.1 Å². The Morgan fingerprint density at radius 3 is 2.96 bits per heavy atom. The van der Waals surface area contributed by atoms with Gasteiger partial charge in [0, 0.05) is 19.9 Å². The van der Waals surface area contributed by atoms with Crippen molar-refractivity contribution in [3.05, 3.63) is 29.9 Å². The Kier molecular flexibility index (Phi) is 5.60. The maximum atomic E-state index is 12.3. The summed E-state index contributed by atoms with van der Waals surface area (Å²) in [4.78, 5) is 14.7. The Hall–Kier alpha value is -2.19. The highest BCUT2D eigenvalue weighted by Gasteiger charge is 2.16. The fourth-order valence-corrected chi connectivity index (χ4v) is 2.86. The number of carbonyl (C=O) groups is 1. The Balaban J connectivity index is 1.53. The number of nitrogens with zero attached hydrogens (tertiary/aromatic N) is 4. The first-order chi connectivity index (χ1) is 11.8. The number of aromatic nitrogens is 3.